The van der Waals surface area contributed by atoms with E-state index in [1.807, 2.05) is 37.3 Å². The molecular formula is C22H23N3O2. The summed E-state index contributed by atoms with van der Waals surface area (Å²) < 4.78 is 5.29. The third kappa shape index (κ3) is 4.08. The van der Waals surface area contributed by atoms with E-state index in [0.717, 1.165) is 18.4 Å². The molecule has 3 aromatic rings. The molecule has 0 atom stereocenters. The number of benzene rings is 2. The molecule has 1 fully saturated rings. The van der Waals surface area contributed by atoms with Crippen molar-refractivity contribution in [2.75, 3.05) is 6.54 Å². The molecule has 0 spiro atoms. The second kappa shape index (κ2) is 7.35. The highest BCUT2D eigenvalue weighted by atomic mass is 16.5. The lowest BCUT2D eigenvalue weighted by molar-refractivity contribution is -0.121. The Bertz CT molecular complexity index is 912. The Kier molecular flexibility index (Phi) is 4.75. The van der Waals surface area contributed by atoms with Gasteiger partial charge in [0.15, 0.2) is 0 Å². The number of rotatable bonds is 7. The lowest BCUT2D eigenvalue weighted by Gasteiger charge is -2.16. The first kappa shape index (κ1) is 17.5. The van der Waals surface area contributed by atoms with E-state index >= 15 is 0 Å². The second-order valence-electron chi connectivity index (χ2n) is 7.30. The molecule has 4 rings (SSSR count). The number of hydrogen-bond donors (Lipinski definition) is 1. The van der Waals surface area contributed by atoms with E-state index in [2.05, 4.69) is 39.7 Å². The minimum atomic E-state index is 0.0206. The second-order valence-corrected chi connectivity index (χ2v) is 7.30. The van der Waals surface area contributed by atoms with Gasteiger partial charge in [-0.05, 0) is 25.3 Å². The summed E-state index contributed by atoms with van der Waals surface area (Å²) in [5.74, 6) is 1.07. The van der Waals surface area contributed by atoms with Crippen molar-refractivity contribution in [3.05, 3.63) is 71.6 Å². The number of nitrogens with one attached hydrogen (secondary N) is 1. The molecule has 0 bridgehead atoms. The van der Waals surface area contributed by atoms with Crippen molar-refractivity contribution in [2.24, 2.45) is 0 Å². The Morgan fingerprint density at radius 2 is 1.85 bits per heavy atom. The minimum Gasteiger partial charge on any atom is -0.355 e. The van der Waals surface area contributed by atoms with Gasteiger partial charge in [-0.2, -0.15) is 4.98 Å². The molecule has 1 N–H and O–H groups in total. The summed E-state index contributed by atoms with van der Waals surface area (Å²) in [5.41, 5.74) is 3.53. The normalized spacial score (nSPS) is 14.7. The van der Waals surface area contributed by atoms with Crippen LogP contribution in [0.25, 0.3) is 11.4 Å². The summed E-state index contributed by atoms with van der Waals surface area (Å²) in [7, 11) is 0. The first-order valence-electron chi connectivity index (χ1n) is 9.37. The van der Waals surface area contributed by atoms with E-state index in [0.29, 0.717) is 31.1 Å². The molecule has 1 aliphatic rings. The van der Waals surface area contributed by atoms with E-state index in [4.69, 9.17) is 4.52 Å². The van der Waals surface area contributed by atoms with Crippen molar-refractivity contribution < 1.29 is 9.32 Å². The average molecular weight is 361 g/mol. The van der Waals surface area contributed by atoms with Gasteiger partial charge in [-0.3, -0.25) is 4.79 Å². The number of nitrogens with zero attached hydrogens (tertiary/aromatic N) is 2. The predicted octanol–water partition coefficient (Wildman–Crippen LogP) is 3.83. The summed E-state index contributed by atoms with van der Waals surface area (Å²) >= 11 is 0. The number of amides is 1. The number of carbonyl (C=O) groups is 1. The molecule has 0 saturated heterocycles. The molecule has 27 heavy (non-hydrogen) atoms. The van der Waals surface area contributed by atoms with Crippen LogP contribution >= 0.6 is 0 Å². The molecule has 0 unspecified atom stereocenters. The van der Waals surface area contributed by atoms with Gasteiger partial charge in [0.25, 0.3) is 0 Å². The van der Waals surface area contributed by atoms with Crippen molar-refractivity contribution in [1.82, 2.24) is 15.5 Å². The molecule has 1 amide bonds. The number of carbonyl (C=O) groups excluding carboxylic acids is 1. The van der Waals surface area contributed by atoms with E-state index in [-0.39, 0.29) is 11.3 Å². The predicted molar refractivity (Wildman–Crippen MR) is 103 cm³/mol. The van der Waals surface area contributed by atoms with Crippen molar-refractivity contribution in [1.29, 1.82) is 0 Å². The summed E-state index contributed by atoms with van der Waals surface area (Å²) in [6.45, 7) is 2.72. The maximum absolute atomic E-state index is 12.2. The molecule has 5 nitrogen and oxygen atoms in total. The van der Waals surface area contributed by atoms with Crippen molar-refractivity contribution in [3.8, 4) is 11.4 Å². The molecule has 1 aromatic heterocycles. The highest BCUT2D eigenvalue weighted by Crippen LogP contribution is 2.47. The van der Waals surface area contributed by atoms with Gasteiger partial charge >= 0.3 is 0 Å². The number of hydrogen-bond acceptors (Lipinski definition) is 4. The maximum Gasteiger partial charge on any atom is 0.227 e. The Balaban J connectivity index is 1.28. The smallest absolute Gasteiger partial charge is 0.227 e. The van der Waals surface area contributed by atoms with E-state index in [1.165, 1.54) is 11.1 Å². The molecule has 0 radical (unpaired) electrons. The molecule has 1 saturated carbocycles. The van der Waals surface area contributed by atoms with Crippen LogP contribution in [-0.4, -0.2) is 22.6 Å². The summed E-state index contributed by atoms with van der Waals surface area (Å²) in [5, 5.41) is 7.08. The highest BCUT2D eigenvalue weighted by Gasteiger charge is 2.44. The van der Waals surface area contributed by atoms with Crippen LogP contribution in [0.3, 0.4) is 0 Å². The summed E-state index contributed by atoms with van der Waals surface area (Å²) in [4.78, 5) is 16.6. The van der Waals surface area contributed by atoms with Crippen LogP contribution in [0.4, 0.5) is 0 Å². The molecule has 2 aromatic carbocycles. The van der Waals surface area contributed by atoms with Crippen molar-refractivity contribution in [2.45, 2.75) is 38.0 Å². The monoisotopic (exact) mass is 361 g/mol. The standard InChI is InChI=1S/C22H23N3O2/c1-16-7-9-17(10-8-16)21-24-20(27-25-21)12-11-19(26)23-15-22(13-14-22)18-5-3-2-4-6-18/h2-10H,11-15H2,1H3,(H,23,26). The number of aromatic nitrogens is 2. The van der Waals surface area contributed by atoms with Gasteiger partial charge in [0, 0.05) is 30.4 Å². The van der Waals surface area contributed by atoms with Crippen LogP contribution < -0.4 is 5.32 Å². The van der Waals surface area contributed by atoms with Crippen molar-refractivity contribution in [3.63, 3.8) is 0 Å². The molecule has 1 aliphatic carbocycles. The molecule has 138 valence electrons. The van der Waals surface area contributed by atoms with Crippen LogP contribution in [0.5, 0.6) is 0 Å². The minimum absolute atomic E-state index is 0.0206. The topological polar surface area (TPSA) is 68.0 Å². The lowest BCUT2D eigenvalue weighted by atomic mass is 9.96. The van der Waals surface area contributed by atoms with Crippen LogP contribution in [-0.2, 0) is 16.6 Å². The highest BCUT2D eigenvalue weighted by molar-refractivity contribution is 5.76. The first-order chi connectivity index (χ1) is 13.1. The van der Waals surface area contributed by atoms with Gasteiger partial charge in [0.1, 0.15) is 0 Å². The largest absolute Gasteiger partial charge is 0.355 e. The van der Waals surface area contributed by atoms with Gasteiger partial charge < -0.3 is 9.84 Å². The van der Waals surface area contributed by atoms with Gasteiger partial charge in [0.05, 0.1) is 0 Å². The molecule has 0 aliphatic heterocycles. The Morgan fingerprint density at radius 3 is 2.56 bits per heavy atom. The quantitative estimate of drug-likeness (QED) is 0.694. The van der Waals surface area contributed by atoms with E-state index < -0.39 is 0 Å². The van der Waals surface area contributed by atoms with Crippen molar-refractivity contribution >= 4 is 5.91 Å². The maximum atomic E-state index is 12.2. The molecule has 1 heterocycles. The fourth-order valence-corrected chi connectivity index (χ4v) is 3.26. The SMILES string of the molecule is Cc1ccc(-c2noc(CCC(=O)NCC3(c4ccccc4)CC3)n2)cc1. The van der Waals surface area contributed by atoms with E-state index in [9.17, 15) is 4.79 Å². The third-order valence-corrected chi connectivity index (χ3v) is 5.21. The summed E-state index contributed by atoms with van der Waals surface area (Å²) in [6.07, 6.45) is 3.05. The van der Waals surface area contributed by atoms with Gasteiger partial charge in [-0.25, -0.2) is 0 Å². The van der Waals surface area contributed by atoms with Gasteiger partial charge in [-0.1, -0.05) is 65.3 Å². The van der Waals surface area contributed by atoms with Crippen LogP contribution in [0, 0.1) is 6.92 Å². The zero-order valence-electron chi connectivity index (χ0n) is 15.4. The van der Waals surface area contributed by atoms with Crippen LogP contribution in [0.15, 0.2) is 59.1 Å². The van der Waals surface area contributed by atoms with Crippen LogP contribution in [0.2, 0.25) is 0 Å². The average Bonchev–Trinajstić information content (AvgIpc) is 3.35. The fraction of sp³-hybridized carbons (Fsp3) is 0.318. The zero-order chi connectivity index (χ0) is 18.7. The van der Waals surface area contributed by atoms with E-state index in [1.54, 1.807) is 0 Å². The Hall–Kier alpha value is -2.95. The first-order valence-corrected chi connectivity index (χ1v) is 9.37. The third-order valence-electron chi connectivity index (χ3n) is 5.21. The Labute approximate surface area is 158 Å². The molecular weight excluding hydrogens is 338 g/mol. The number of aryl methyl sites for hydroxylation is 2. The fourth-order valence-electron chi connectivity index (χ4n) is 3.26. The van der Waals surface area contributed by atoms with Crippen LogP contribution in [0.1, 0.15) is 36.3 Å². The zero-order valence-corrected chi connectivity index (χ0v) is 15.4. The lowest BCUT2D eigenvalue weighted by Crippen LogP contribution is -2.32. The molecule has 5 heteroatoms. The Morgan fingerprint density at radius 1 is 1.11 bits per heavy atom. The van der Waals surface area contributed by atoms with Gasteiger partial charge in [-0.15, -0.1) is 0 Å². The van der Waals surface area contributed by atoms with Gasteiger partial charge in [0.2, 0.25) is 17.6 Å². The summed E-state index contributed by atoms with van der Waals surface area (Å²) in [6, 6.07) is 18.4.